The van der Waals surface area contributed by atoms with E-state index in [1.54, 1.807) is 35.2 Å². The second-order valence-corrected chi connectivity index (χ2v) is 7.07. The number of sulfonamides is 1. The lowest BCUT2D eigenvalue weighted by atomic mass is 10.2. The Morgan fingerprint density at radius 1 is 1.29 bits per heavy atom. The normalized spacial score (nSPS) is 13.4. The van der Waals surface area contributed by atoms with Crippen molar-refractivity contribution in [3.63, 3.8) is 0 Å². The fourth-order valence-electron chi connectivity index (χ4n) is 1.99. The maximum absolute atomic E-state index is 12.3. The third-order valence-corrected chi connectivity index (χ3v) is 5.02. The van der Waals surface area contributed by atoms with Crippen LogP contribution in [-0.4, -0.2) is 41.6 Å². The Hall–Kier alpha value is -1.93. The van der Waals surface area contributed by atoms with Crippen LogP contribution in [0.5, 0.6) is 0 Å². The van der Waals surface area contributed by atoms with E-state index < -0.39 is 10.0 Å². The molecule has 8 heteroatoms. The molecule has 21 heavy (non-hydrogen) atoms. The van der Waals surface area contributed by atoms with Crippen LogP contribution in [-0.2, 0) is 17.1 Å². The van der Waals surface area contributed by atoms with Gasteiger partial charge in [-0.2, -0.15) is 0 Å². The fourth-order valence-corrected chi connectivity index (χ4v) is 3.04. The number of rotatable bonds is 5. The van der Waals surface area contributed by atoms with Crippen LogP contribution < -0.4 is 5.32 Å². The van der Waals surface area contributed by atoms with Gasteiger partial charge in [-0.25, -0.2) is 12.7 Å². The lowest BCUT2D eigenvalue weighted by Crippen LogP contribution is -2.24. The Bertz CT molecular complexity index is 724. The Morgan fingerprint density at radius 3 is 2.52 bits per heavy atom. The van der Waals surface area contributed by atoms with Crippen molar-refractivity contribution >= 4 is 15.7 Å². The van der Waals surface area contributed by atoms with Crippen LogP contribution in [0.15, 0.2) is 35.5 Å². The van der Waals surface area contributed by atoms with Crippen molar-refractivity contribution in [2.75, 3.05) is 19.4 Å². The molecule has 0 amide bonds. The highest BCUT2D eigenvalue weighted by atomic mass is 32.2. The molecule has 1 heterocycles. The van der Waals surface area contributed by atoms with E-state index >= 15 is 0 Å². The van der Waals surface area contributed by atoms with Crippen LogP contribution in [0.25, 0.3) is 0 Å². The van der Waals surface area contributed by atoms with Crippen LogP contribution >= 0.6 is 0 Å². The second kappa shape index (κ2) is 5.82. The summed E-state index contributed by atoms with van der Waals surface area (Å²) < 4.78 is 27.7. The van der Waals surface area contributed by atoms with E-state index in [0.29, 0.717) is 5.69 Å². The Labute approximate surface area is 124 Å². The maximum atomic E-state index is 12.3. The van der Waals surface area contributed by atoms with Gasteiger partial charge in [-0.3, -0.25) is 0 Å². The Balaban J connectivity index is 2.36. The number of para-hydroxylation sites is 1. The van der Waals surface area contributed by atoms with Crippen LogP contribution in [0, 0.1) is 0 Å². The molecular formula is C13H19N5O2S. The average molecular weight is 309 g/mol. The van der Waals surface area contributed by atoms with Gasteiger partial charge in [0.05, 0.1) is 11.7 Å². The van der Waals surface area contributed by atoms with Crippen molar-refractivity contribution < 1.29 is 8.42 Å². The van der Waals surface area contributed by atoms with Crippen molar-refractivity contribution in [3.05, 3.63) is 36.4 Å². The van der Waals surface area contributed by atoms with Crippen LogP contribution in [0.2, 0.25) is 0 Å². The smallest absolute Gasteiger partial charge is 0.244 e. The molecule has 0 spiro atoms. The van der Waals surface area contributed by atoms with Crippen molar-refractivity contribution in [1.29, 1.82) is 0 Å². The van der Waals surface area contributed by atoms with Gasteiger partial charge in [0.2, 0.25) is 10.0 Å². The van der Waals surface area contributed by atoms with Crippen molar-refractivity contribution in [2.24, 2.45) is 7.05 Å². The first-order chi connectivity index (χ1) is 9.84. The molecule has 0 aliphatic heterocycles. The molecule has 0 fully saturated rings. The zero-order valence-corrected chi connectivity index (χ0v) is 13.3. The first-order valence-electron chi connectivity index (χ1n) is 6.46. The second-order valence-electron chi connectivity index (χ2n) is 4.95. The van der Waals surface area contributed by atoms with Gasteiger partial charge >= 0.3 is 0 Å². The molecule has 2 aromatic rings. The summed E-state index contributed by atoms with van der Waals surface area (Å²) in [6.45, 7) is 1.91. The van der Waals surface area contributed by atoms with E-state index in [-0.39, 0.29) is 10.9 Å². The molecule has 1 unspecified atom stereocenters. The van der Waals surface area contributed by atoms with Crippen LogP contribution in [0.4, 0.5) is 5.69 Å². The van der Waals surface area contributed by atoms with Gasteiger partial charge < -0.3 is 9.88 Å². The van der Waals surface area contributed by atoms with Crippen molar-refractivity contribution in [3.8, 4) is 0 Å². The van der Waals surface area contributed by atoms with Gasteiger partial charge in [0, 0.05) is 21.1 Å². The van der Waals surface area contributed by atoms with E-state index in [1.165, 1.54) is 18.4 Å². The molecule has 7 nitrogen and oxygen atoms in total. The summed E-state index contributed by atoms with van der Waals surface area (Å²) in [6.07, 6.45) is 1.61. The SMILES string of the molecule is CC(Nc1ccccc1S(=O)(=O)N(C)C)c1nncn1C. The number of hydrogen-bond donors (Lipinski definition) is 1. The quantitative estimate of drug-likeness (QED) is 0.899. The van der Waals surface area contributed by atoms with E-state index in [9.17, 15) is 8.42 Å². The molecule has 1 N–H and O–H groups in total. The summed E-state index contributed by atoms with van der Waals surface area (Å²) in [5.74, 6) is 0.729. The summed E-state index contributed by atoms with van der Waals surface area (Å²) in [7, 11) is 1.36. The topological polar surface area (TPSA) is 80.1 Å². The van der Waals surface area contributed by atoms with Gasteiger partial charge in [-0.1, -0.05) is 12.1 Å². The van der Waals surface area contributed by atoms with Gasteiger partial charge in [0.25, 0.3) is 0 Å². The number of nitrogens with zero attached hydrogens (tertiary/aromatic N) is 4. The molecule has 0 saturated heterocycles. The highest BCUT2D eigenvalue weighted by molar-refractivity contribution is 7.89. The predicted molar refractivity (Wildman–Crippen MR) is 80.4 cm³/mol. The molecular weight excluding hydrogens is 290 g/mol. The number of benzene rings is 1. The largest absolute Gasteiger partial charge is 0.374 e. The monoisotopic (exact) mass is 309 g/mol. The number of nitrogens with one attached hydrogen (secondary N) is 1. The zero-order chi connectivity index (χ0) is 15.6. The van der Waals surface area contributed by atoms with Crippen LogP contribution in [0.3, 0.4) is 0 Å². The molecule has 1 aromatic carbocycles. The summed E-state index contributed by atoms with van der Waals surface area (Å²) in [5.41, 5.74) is 0.543. The predicted octanol–water partition coefficient (Wildman–Crippen LogP) is 1.24. The van der Waals surface area contributed by atoms with E-state index in [2.05, 4.69) is 15.5 Å². The molecule has 114 valence electrons. The fraction of sp³-hybridized carbons (Fsp3) is 0.385. The zero-order valence-electron chi connectivity index (χ0n) is 12.5. The minimum Gasteiger partial charge on any atom is -0.374 e. The molecule has 0 bridgehead atoms. The highest BCUT2D eigenvalue weighted by Crippen LogP contribution is 2.26. The minimum absolute atomic E-state index is 0.170. The molecule has 0 aliphatic rings. The minimum atomic E-state index is -3.50. The molecule has 0 aliphatic carbocycles. The van der Waals surface area contributed by atoms with Gasteiger partial charge in [0.15, 0.2) is 5.82 Å². The molecule has 0 saturated carbocycles. The third-order valence-electron chi connectivity index (χ3n) is 3.15. The number of anilines is 1. The molecule has 1 atom stereocenters. The molecule has 2 rings (SSSR count). The third kappa shape index (κ3) is 3.06. The summed E-state index contributed by atoms with van der Waals surface area (Å²) in [4.78, 5) is 0.240. The number of hydrogen-bond acceptors (Lipinski definition) is 5. The lowest BCUT2D eigenvalue weighted by Gasteiger charge is -2.19. The summed E-state index contributed by atoms with van der Waals surface area (Å²) >= 11 is 0. The summed E-state index contributed by atoms with van der Waals surface area (Å²) in [6, 6.07) is 6.65. The lowest BCUT2D eigenvalue weighted by molar-refractivity contribution is 0.521. The standard InChI is InChI=1S/C13H19N5O2S/c1-10(13-16-14-9-18(13)4)15-11-7-5-6-8-12(11)21(19,20)17(2)3/h5-10,15H,1-4H3. The number of aromatic nitrogens is 3. The average Bonchev–Trinajstić information content (AvgIpc) is 2.85. The van der Waals surface area contributed by atoms with E-state index in [0.717, 1.165) is 5.82 Å². The number of aryl methyl sites for hydroxylation is 1. The van der Waals surface area contributed by atoms with Gasteiger partial charge in [0.1, 0.15) is 11.2 Å². The Kier molecular flexibility index (Phi) is 4.29. The van der Waals surface area contributed by atoms with E-state index in [1.807, 2.05) is 14.0 Å². The van der Waals surface area contributed by atoms with Crippen LogP contribution in [0.1, 0.15) is 18.8 Å². The maximum Gasteiger partial charge on any atom is 0.244 e. The summed E-state index contributed by atoms with van der Waals surface area (Å²) in [5, 5.41) is 11.0. The molecule has 1 aromatic heterocycles. The first-order valence-corrected chi connectivity index (χ1v) is 7.90. The molecule has 0 radical (unpaired) electrons. The van der Waals surface area contributed by atoms with Crippen molar-refractivity contribution in [1.82, 2.24) is 19.1 Å². The van der Waals surface area contributed by atoms with Gasteiger partial charge in [-0.15, -0.1) is 10.2 Å². The van der Waals surface area contributed by atoms with E-state index in [4.69, 9.17) is 0 Å². The Morgan fingerprint density at radius 2 is 1.95 bits per heavy atom. The highest BCUT2D eigenvalue weighted by Gasteiger charge is 2.22. The van der Waals surface area contributed by atoms with Gasteiger partial charge in [-0.05, 0) is 19.1 Å². The first kappa shape index (κ1) is 15.5. The van der Waals surface area contributed by atoms with Crippen molar-refractivity contribution in [2.45, 2.75) is 17.9 Å².